The second kappa shape index (κ2) is 6.13. The molecule has 1 saturated heterocycles. The lowest BCUT2D eigenvalue weighted by molar-refractivity contribution is 0.158. The fourth-order valence-corrected chi connectivity index (χ4v) is 3.17. The number of nitrogens with two attached hydrogens (primary N) is 1. The van der Waals surface area contributed by atoms with Crippen molar-refractivity contribution in [1.82, 2.24) is 5.32 Å². The zero-order chi connectivity index (χ0) is 14.8. The van der Waals surface area contributed by atoms with Crippen LogP contribution in [0.15, 0.2) is 23.2 Å². The van der Waals surface area contributed by atoms with E-state index in [0.29, 0.717) is 19.1 Å². The predicted molar refractivity (Wildman–Crippen MR) is 82.8 cm³/mol. The summed E-state index contributed by atoms with van der Waals surface area (Å²) < 4.78 is 5.20. The van der Waals surface area contributed by atoms with Crippen LogP contribution in [0.4, 0.5) is 5.69 Å². The first kappa shape index (κ1) is 14.5. The van der Waals surface area contributed by atoms with Crippen LogP contribution in [-0.2, 0) is 11.2 Å². The van der Waals surface area contributed by atoms with E-state index in [1.165, 1.54) is 0 Å². The van der Waals surface area contributed by atoms with E-state index < -0.39 is 6.10 Å². The van der Waals surface area contributed by atoms with E-state index in [1.807, 2.05) is 18.2 Å². The number of ether oxygens (including phenoxy) is 1. The normalized spacial score (nSPS) is 30.2. The van der Waals surface area contributed by atoms with Gasteiger partial charge in [0.25, 0.3) is 0 Å². The average Bonchev–Trinajstić information content (AvgIpc) is 2.75. The molecular formula is C16H23N3O2. The molecule has 0 radical (unpaired) electrons. The number of nitrogens with zero attached hydrogens (tertiary/aromatic N) is 1. The Morgan fingerprint density at radius 1 is 1.48 bits per heavy atom. The molecule has 3 rings (SSSR count). The quantitative estimate of drug-likeness (QED) is 0.786. The van der Waals surface area contributed by atoms with Crippen LogP contribution in [0.3, 0.4) is 0 Å². The van der Waals surface area contributed by atoms with Gasteiger partial charge >= 0.3 is 0 Å². The van der Waals surface area contributed by atoms with Crippen molar-refractivity contribution in [2.24, 2.45) is 10.7 Å². The summed E-state index contributed by atoms with van der Waals surface area (Å²) in [7, 11) is 1.72. The number of hydrogen-bond acceptors (Lipinski definition) is 4. The molecule has 21 heavy (non-hydrogen) atoms. The van der Waals surface area contributed by atoms with Gasteiger partial charge in [0, 0.05) is 20.0 Å². The first-order valence-electron chi connectivity index (χ1n) is 7.57. The first-order valence-corrected chi connectivity index (χ1v) is 7.57. The van der Waals surface area contributed by atoms with Crippen molar-refractivity contribution in [2.75, 3.05) is 13.7 Å². The highest BCUT2D eigenvalue weighted by Crippen LogP contribution is 2.32. The molecule has 0 aromatic heterocycles. The van der Waals surface area contributed by atoms with Crippen molar-refractivity contribution >= 4 is 11.5 Å². The minimum atomic E-state index is -0.471. The molecule has 0 spiro atoms. The summed E-state index contributed by atoms with van der Waals surface area (Å²) in [4.78, 5) is 4.70. The maximum atomic E-state index is 9.84. The fourth-order valence-electron chi connectivity index (χ4n) is 3.17. The lowest BCUT2D eigenvalue weighted by Gasteiger charge is -2.25. The van der Waals surface area contributed by atoms with Crippen LogP contribution in [0.25, 0.3) is 0 Å². The highest BCUT2D eigenvalue weighted by atomic mass is 16.5. The van der Waals surface area contributed by atoms with Crippen LogP contribution in [0, 0.1) is 0 Å². The summed E-state index contributed by atoms with van der Waals surface area (Å²) in [5.41, 5.74) is 9.08. The number of aliphatic imine (C=N–C) groups is 1. The second-order valence-electron chi connectivity index (χ2n) is 5.93. The molecule has 1 aromatic carbocycles. The molecule has 2 aliphatic rings. The smallest absolute Gasteiger partial charge is 0.102 e. The number of aliphatic hydroxyl groups is 1. The molecule has 5 nitrogen and oxygen atoms in total. The predicted octanol–water partition coefficient (Wildman–Crippen LogP) is 1.42. The topological polar surface area (TPSA) is 79.9 Å². The third kappa shape index (κ3) is 3.10. The number of fused-ring (bicyclic) bond motifs is 1. The summed E-state index contributed by atoms with van der Waals surface area (Å²) in [6.45, 7) is 0.709. The molecule has 1 aliphatic carbocycles. The maximum Gasteiger partial charge on any atom is 0.102 e. The highest BCUT2D eigenvalue weighted by Gasteiger charge is 2.28. The Kier molecular flexibility index (Phi) is 4.24. The monoisotopic (exact) mass is 289 g/mol. The van der Waals surface area contributed by atoms with E-state index >= 15 is 0 Å². The zero-order valence-electron chi connectivity index (χ0n) is 12.4. The summed E-state index contributed by atoms with van der Waals surface area (Å²) in [6.07, 6.45) is 3.38. The van der Waals surface area contributed by atoms with E-state index in [0.717, 1.165) is 41.9 Å². The molecule has 4 N–H and O–H groups in total. The zero-order valence-corrected chi connectivity index (χ0v) is 12.4. The molecular weight excluding hydrogens is 266 g/mol. The number of benzene rings is 1. The number of methoxy groups -OCH3 is 1. The number of aliphatic hydroxyl groups excluding tert-OH is 1. The van der Waals surface area contributed by atoms with Crippen LogP contribution in [0.1, 0.15) is 36.4 Å². The number of nitrogens with one attached hydrogen (secondary N) is 1. The van der Waals surface area contributed by atoms with Crippen molar-refractivity contribution in [3.63, 3.8) is 0 Å². The van der Waals surface area contributed by atoms with Gasteiger partial charge in [-0.05, 0) is 36.1 Å². The molecule has 5 heteroatoms. The van der Waals surface area contributed by atoms with Gasteiger partial charge in [0.05, 0.1) is 30.5 Å². The first-order chi connectivity index (χ1) is 10.2. The Morgan fingerprint density at radius 2 is 2.33 bits per heavy atom. The van der Waals surface area contributed by atoms with Crippen LogP contribution in [0.5, 0.6) is 0 Å². The molecule has 0 amide bonds. The standard InChI is InChI=1S/C16H23N3O2/c1-21-9-12-3-2-4-15(19-12)18-11-6-5-10-7-14(20)16(17)13(10)8-11/h5-6,8,12,14,16,20H,2-4,7,9,17H2,1H3,(H,18,19)/t12?,14-,16-/m1/s1. The number of hydrogen-bond donors (Lipinski definition) is 3. The Morgan fingerprint density at radius 3 is 3.14 bits per heavy atom. The van der Waals surface area contributed by atoms with Crippen LogP contribution in [0.2, 0.25) is 0 Å². The van der Waals surface area contributed by atoms with E-state index in [2.05, 4.69) is 5.32 Å². The molecule has 1 aromatic rings. The van der Waals surface area contributed by atoms with Gasteiger partial charge in [-0.15, -0.1) is 0 Å². The van der Waals surface area contributed by atoms with Gasteiger partial charge < -0.3 is 20.9 Å². The number of rotatable bonds is 3. The lowest BCUT2D eigenvalue weighted by Crippen LogP contribution is -2.41. The highest BCUT2D eigenvalue weighted by molar-refractivity contribution is 5.85. The summed E-state index contributed by atoms with van der Waals surface area (Å²) in [5.74, 6) is 1.01. The summed E-state index contributed by atoms with van der Waals surface area (Å²) >= 11 is 0. The maximum absolute atomic E-state index is 9.84. The molecule has 1 aliphatic heterocycles. The number of piperidine rings is 1. The largest absolute Gasteiger partial charge is 0.391 e. The van der Waals surface area contributed by atoms with Gasteiger partial charge in [0.2, 0.25) is 0 Å². The third-order valence-corrected chi connectivity index (χ3v) is 4.30. The van der Waals surface area contributed by atoms with Crippen molar-refractivity contribution < 1.29 is 9.84 Å². The van der Waals surface area contributed by atoms with E-state index in [1.54, 1.807) is 7.11 Å². The van der Waals surface area contributed by atoms with Gasteiger partial charge in [-0.1, -0.05) is 6.07 Å². The number of amidine groups is 1. The van der Waals surface area contributed by atoms with Gasteiger partial charge in [0.1, 0.15) is 5.84 Å². The molecule has 1 fully saturated rings. The van der Waals surface area contributed by atoms with Gasteiger partial charge in [-0.25, -0.2) is 4.99 Å². The van der Waals surface area contributed by atoms with Gasteiger partial charge in [-0.3, -0.25) is 0 Å². The molecule has 3 atom stereocenters. The Bertz CT molecular complexity index is 542. The SMILES string of the molecule is COCC1CCCC(=Nc2ccc3c(c2)[C@@H](N)[C@H](O)C3)N1. The third-order valence-electron chi connectivity index (χ3n) is 4.30. The van der Waals surface area contributed by atoms with Crippen LogP contribution in [-0.4, -0.2) is 36.8 Å². The van der Waals surface area contributed by atoms with E-state index in [4.69, 9.17) is 15.5 Å². The molecule has 1 heterocycles. The van der Waals surface area contributed by atoms with Crippen molar-refractivity contribution in [3.05, 3.63) is 29.3 Å². The lowest BCUT2D eigenvalue weighted by atomic mass is 10.0. The Labute approximate surface area is 125 Å². The Hall–Kier alpha value is -1.43. The van der Waals surface area contributed by atoms with E-state index in [-0.39, 0.29) is 6.04 Å². The molecule has 114 valence electrons. The van der Waals surface area contributed by atoms with Crippen molar-refractivity contribution in [1.29, 1.82) is 0 Å². The van der Waals surface area contributed by atoms with Crippen molar-refractivity contribution in [2.45, 2.75) is 43.9 Å². The molecule has 0 saturated carbocycles. The fraction of sp³-hybridized carbons (Fsp3) is 0.562. The minimum absolute atomic E-state index is 0.291. The summed E-state index contributed by atoms with van der Waals surface area (Å²) in [5, 5.41) is 13.3. The van der Waals surface area contributed by atoms with Gasteiger partial charge in [-0.2, -0.15) is 0 Å². The van der Waals surface area contributed by atoms with Gasteiger partial charge in [0.15, 0.2) is 0 Å². The second-order valence-corrected chi connectivity index (χ2v) is 5.93. The average molecular weight is 289 g/mol. The minimum Gasteiger partial charge on any atom is -0.391 e. The van der Waals surface area contributed by atoms with Crippen LogP contribution >= 0.6 is 0 Å². The van der Waals surface area contributed by atoms with Crippen molar-refractivity contribution in [3.8, 4) is 0 Å². The Balaban J connectivity index is 1.77. The molecule has 0 bridgehead atoms. The van der Waals surface area contributed by atoms with E-state index in [9.17, 15) is 5.11 Å². The van der Waals surface area contributed by atoms with Crippen LogP contribution < -0.4 is 11.1 Å². The molecule has 1 unspecified atom stereocenters. The summed E-state index contributed by atoms with van der Waals surface area (Å²) in [6, 6.07) is 6.09.